The van der Waals surface area contributed by atoms with E-state index in [2.05, 4.69) is 5.10 Å². The third-order valence-electron chi connectivity index (χ3n) is 3.08. The number of aromatic nitrogens is 2. The van der Waals surface area contributed by atoms with Gasteiger partial charge in [-0.25, -0.2) is 0 Å². The molecule has 0 radical (unpaired) electrons. The van der Waals surface area contributed by atoms with Gasteiger partial charge in [-0.2, -0.15) is 5.10 Å². The van der Waals surface area contributed by atoms with Gasteiger partial charge in [-0.05, 0) is 38.1 Å². The van der Waals surface area contributed by atoms with E-state index in [1.165, 1.54) is 0 Å². The monoisotopic (exact) mass is 307 g/mol. The van der Waals surface area contributed by atoms with E-state index in [0.717, 1.165) is 11.3 Å². The van der Waals surface area contributed by atoms with Gasteiger partial charge in [0, 0.05) is 35.1 Å². The average molecular weight is 308 g/mol. The summed E-state index contributed by atoms with van der Waals surface area (Å²) in [5, 5.41) is 14.0. The van der Waals surface area contributed by atoms with Crippen molar-refractivity contribution in [3.8, 4) is 0 Å². The second-order valence-corrected chi connectivity index (χ2v) is 5.58. The minimum absolute atomic E-state index is 0.0749. The van der Waals surface area contributed by atoms with Gasteiger partial charge in [-0.1, -0.05) is 11.6 Å². The van der Waals surface area contributed by atoms with E-state index < -0.39 is 5.97 Å². The molecule has 2 aromatic rings. The molecule has 1 heterocycles. The highest BCUT2D eigenvalue weighted by molar-refractivity contribution is 6.30. The molecule has 0 fully saturated rings. The van der Waals surface area contributed by atoms with Crippen LogP contribution < -0.4 is 4.90 Å². The number of carbonyl (C=O) groups is 1. The molecule has 2 rings (SSSR count). The molecule has 1 aromatic heterocycles. The molecule has 1 aromatic carbocycles. The zero-order valence-electron chi connectivity index (χ0n) is 12.0. The Labute approximate surface area is 128 Å². The standard InChI is InChI=1S/C15H18ClN3O2/c1-11(2)19-9-12(7-17-19)8-18(10-15(20)21)14-5-3-13(16)4-6-14/h3-7,9,11H,8,10H2,1-2H3,(H,20,21). The highest BCUT2D eigenvalue weighted by Crippen LogP contribution is 2.20. The molecule has 0 aliphatic carbocycles. The van der Waals surface area contributed by atoms with Gasteiger partial charge in [0.25, 0.3) is 0 Å². The number of rotatable bonds is 6. The lowest BCUT2D eigenvalue weighted by molar-refractivity contribution is -0.135. The zero-order valence-corrected chi connectivity index (χ0v) is 12.8. The van der Waals surface area contributed by atoms with E-state index >= 15 is 0 Å². The first-order valence-electron chi connectivity index (χ1n) is 6.71. The molecule has 112 valence electrons. The number of aliphatic carboxylic acids is 1. The smallest absolute Gasteiger partial charge is 0.323 e. The van der Waals surface area contributed by atoms with Crippen LogP contribution in [0.2, 0.25) is 5.02 Å². The summed E-state index contributed by atoms with van der Waals surface area (Å²) in [6, 6.07) is 7.42. The van der Waals surface area contributed by atoms with Crippen LogP contribution in [0.25, 0.3) is 0 Å². The van der Waals surface area contributed by atoms with Crippen molar-refractivity contribution in [3.63, 3.8) is 0 Å². The maximum absolute atomic E-state index is 11.1. The summed E-state index contributed by atoms with van der Waals surface area (Å²) in [5.41, 5.74) is 1.79. The van der Waals surface area contributed by atoms with Crippen LogP contribution in [0.3, 0.4) is 0 Å². The zero-order chi connectivity index (χ0) is 15.4. The second kappa shape index (κ2) is 6.63. The topological polar surface area (TPSA) is 58.4 Å². The fourth-order valence-electron chi connectivity index (χ4n) is 2.02. The molecule has 0 amide bonds. The maximum Gasteiger partial charge on any atom is 0.323 e. The molecular formula is C15H18ClN3O2. The molecule has 0 saturated carbocycles. The Bertz CT molecular complexity index is 608. The average Bonchev–Trinajstić information content (AvgIpc) is 2.87. The summed E-state index contributed by atoms with van der Waals surface area (Å²) in [6.07, 6.45) is 3.71. The van der Waals surface area contributed by atoms with Gasteiger partial charge in [0.2, 0.25) is 0 Å². The van der Waals surface area contributed by atoms with Crippen LogP contribution in [0.15, 0.2) is 36.7 Å². The Balaban J connectivity index is 2.19. The number of halogens is 1. The molecule has 0 aliphatic rings. The summed E-state index contributed by atoms with van der Waals surface area (Å²) >= 11 is 5.87. The van der Waals surface area contributed by atoms with Crippen LogP contribution in [0, 0.1) is 0 Å². The third kappa shape index (κ3) is 4.23. The quantitative estimate of drug-likeness (QED) is 0.890. The first-order chi connectivity index (χ1) is 9.95. The van der Waals surface area contributed by atoms with Crippen molar-refractivity contribution >= 4 is 23.3 Å². The predicted molar refractivity (Wildman–Crippen MR) is 82.7 cm³/mol. The van der Waals surface area contributed by atoms with E-state index in [4.69, 9.17) is 16.7 Å². The summed E-state index contributed by atoms with van der Waals surface area (Å²) in [4.78, 5) is 12.8. The molecule has 5 nitrogen and oxygen atoms in total. The number of nitrogens with zero attached hydrogens (tertiary/aromatic N) is 3. The van der Waals surface area contributed by atoms with Crippen molar-refractivity contribution < 1.29 is 9.90 Å². The van der Waals surface area contributed by atoms with Gasteiger partial charge in [-0.15, -0.1) is 0 Å². The minimum atomic E-state index is -0.874. The van der Waals surface area contributed by atoms with Crippen LogP contribution >= 0.6 is 11.6 Å². The van der Waals surface area contributed by atoms with E-state index in [-0.39, 0.29) is 12.6 Å². The fourth-order valence-corrected chi connectivity index (χ4v) is 2.14. The first kappa shape index (κ1) is 15.4. The second-order valence-electron chi connectivity index (χ2n) is 5.15. The third-order valence-corrected chi connectivity index (χ3v) is 3.33. The number of anilines is 1. The van der Waals surface area contributed by atoms with Crippen molar-refractivity contribution in [2.24, 2.45) is 0 Å². The SMILES string of the molecule is CC(C)n1cc(CN(CC(=O)O)c2ccc(Cl)cc2)cn1. The number of hydrogen-bond acceptors (Lipinski definition) is 3. The Kier molecular flexibility index (Phi) is 4.85. The van der Waals surface area contributed by atoms with Crippen LogP contribution in [-0.2, 0) is 11.3 Å². The van der Waals surface area contributed by atoms with Crippen LogP contribution in [0.1, 0.15) is 25.5 Å². The fraction of sp³-hybridized carbons (Fsp3) is 0.333. The van der Waals surface area contributed by atoms with E-state index in [9.17, 15) is 4.79 Å². The van der Waals surface area contributed by atoms with Crippen molar-refractivity contribution in [2.75, 3.05) is 11.4 Å². The Morgan fingerprint density at radius 1 is 1.38 bits per heavy atom. The van der Waals surface area contributed by atoms with Crippen LogP contribution in [-0.4, -0.2) is 27.4 Å². The molecule has 0 spiro atoms. The van der Waals surface area contributed by atoms with Gasteiger partial charge in [0.15, 0.2) is 0 Å². The molecule has 21 heavy (non-hydrogen) atoms. The molecule has 0 atom stereocenters. The summed E-state index contributed by atoms with van der Waals surface area (Å²) < 4.78 is 1.86. The van der Waals surface area contributed by atoms with E-state index in [1.54, 1.807) is 23.2 Å². The molecule has 1 N–H and O–H groups in total. The number of hydrogen-bond donors (Lipinski definition) is 1. The van der Waals surface area contributed by atoms with Crippen molar-refractivity contribution in [3.05, 3.63) is 47.2 Å². The highest BCUT2D eigenvalue weighted by atomic mass is 35.5. The lowest BCUT2D eigenvalue weighted by Gasteiger charge is -2.22. The minimum Gasteiger partial charge on any atom is -0.480 e. The normalized spacial score (nSPS) is 10.9. The van der Waals surface area contributed by atoms with Crippen LogP contribution in [0.5, 0.6) is 0 Å². The molecule has 0 bridgehead atoms. The van der Waals surface area contributed by atoms with E-state index in [0.29, 0.717) is 11.6 Å². The van der Waals surface area contributed by atoms with Gasteiger partial charge in [0.1, 0.15) is 6.54 Å². The van der Waals surface area contributed by atoms with Crippen molar-refractivity contribution in [2.45, 2.75) is 26.4 Å². The Hall–Kier alpha value is -2.01. The van der Waals surface area contributed by atoms with E-state index in [1.807, 2.05) is 36.9 Å². The molecule has 0 aliphatic heterocycles. The predicted octanol–water partition coefficient (Wildman–Crippen LogP) is 3.21. The first-order valence-corrected chi connectivity index (χ1v) is 7.09. The largest absolute Gasteiger partial charge is 0.480 e. The molecular weight excluding hydrogens is 290 g/mol. The Morgan fingerprint density at radius 2 is 2.05 bits per heavy atom. The van der Waals surface area contributed by atoms with Crippen molar-refractivity contribution in [1.29, 1.82) is 0 Å². The van der Waals surface area contributed by atoms with Crippen LogP contribution in [0.4, 0.5) is 5.69 Å². The van der Waals surface area contributed by atoms with Crippen molar-refractivity contribution in [1.82, 2.24) is 9.78 Å². The molecule has 6 heteroatoms. The number of carboxylic acids is 1. The lowest BCUT2D eigenvalue weighted by Crippen LogP contribution is -2.29. The summed E-state index contributed by atoms with van der Waals surface area (Å²) in [5.74, 6) is -0.874. The highest BCUT2D eigenvalue weighted by Gasteiger charge is 2.13. The lowest BCUT2D eigenvalue weighted by atomic mass is 10.2. The Morgan fingerprint density at radius 3 is 2.57 bits per heavy atom. The van der Waals surface area contributed by atoms with Gasteiger partial charge < -0.3 is 10.0 Å². The molecule has 0 unspecified atom stereocenters. The van der Waals surface area contributed by atoms with Gasteiger partial charge >= 0.3 is 5.97 Å². The summed E-state index contributed by atoms with van der Waals surface area (Å²) in [7, 11) is 0. The summed E-state index contributed by atoms with van der Waals surface area (Å²) in [6.45, 7) is 4.51. The van der Waals surface area contributed by atoms with Gasteiger partial charge in [0.05, 0.1) is 6.20 Å². The number of benzene rings is 1. The maximum atomic E-state index is 11.1. The number of carboxylic acid groups (broad SMARTS) is 1. The molecule has 0 saturated heterocycles. The van der Waals surface area contributed by atoms with Gasteiger partial charge in [-0.3, -0.25) is 9.48 Å².